The van der Waals surface area contributed by atoms with Crippen molar-refractivity contribution in [2.45, 2.75) is 76.6 Å². The number of fused-ring (bicyclic) bond motifs is 3. The van der Waals surface area contributed by atoms with Gasteiger partial charge in [0.1, 0.15) is 12.4 Å². The first kappa shape index (κ1) is 22.8. The number of aliphatic carboxylic acids is 1. The molecule has 2 aliphatic rings. The first-order valence-corrected chi connectivity index (χ1v) is 11.9. The van der Waals surface area contributed by atoms with Crippen LogP contribution in [0.25, 0.3) is 10.9 Å². The molecule has 1 saturated carbocycles. The van der Waals surface area contributed by atoms with E-state index in [0.29, 0.717) is 16.9 Å². The molecule has 1 N–H and O–H groups in total. The molecule has 5 rings (SSSR count). The van der Waals surface area contributed by atoms with Crippen LogP contribution in [-0.2, 0) is 24.1 Å². The van der Waals surface area contributed by atoms with Crippen LogP contribution in [0.5, 0.6) is 5.75 Å². The summed E-state index contributed by atoms with van der Waals surface area (Å²) in [6, 6.07) is 10.3. The number of aromatic nitrogens is 1. The normalized spacial score (nSPS) is 18.5. The molecule has 2 aromatic carbocycles. The number of ether oxygens (including phenoxy) is 1. The highest BCUT2D eigenvalue weighted by Crippen LogP contribution is 2.43. The number of hydrogen-bond donors (Lipinski definition) is 1. The van der Waals surface area contributed by atoms with E-state index < -0.39 is 17.7 Å². The van der Waals surface area contributed by atoms with E-state index in [1.54, 1.807) is 12.1 Å². The molecule has 1 unspecified atom stereocenters. The molecule has 1 aliphatic heterocycles. The van der Waals surface area contributed by atoms with Crippen molar-refractivity contribution >= 4 is 16.9 Å². The third-order valence-electron chi connectivity index (χ3n) is 7.47. The number of hydrogen-bond acceptors (Lipinski definition) is 2. The molecule has 0 saturated heterocycles. The summed E-state index contributed by atoms with van der Waals surface area (Å²) < 4.78 is 49.4. The first-order chi connectivity index (χ1) is 16.2. The Morgan fingerprint density at radius 3 is 2.59 bits per heavy atom. The monoisotopic (exact) mass is 471 g/mol. The van der Waals surface area contributed by atoms with Crippen molar-refractivity contribution in [3.05, 3.63) is 64.3 Å². The van der Waals surface area contributed by atoms with Gasteiger partial charge in [-0.25, -0.2) is 0 Å². The number of alkyl halides is 3. The van der Waals surface area contributed by atoms with Crippen molar-refractivity contribution in [2.24, 2.45) is 0 Å². The highest BCUT2D eigenvalue weighted by molar-refractivity contribution is 5.87. The molecule has 2 heterocycles. The molecule has 1 aliphatic carbocycles. The Labute approximate surface area is 196 Å². The summed E-state index contributed by atoms with van der Waals surface area (Å²) in [6.45, 7) is 2.83. The molecule has 7 heteroatoms. The fourth-order valence-corrected chi connectivity index (χ4v) is 5.91. The van der Waals surface area contributed by atoms with Crippen molar-refractivity contribution < 1.29 is 27.8 Å². The predicted octanol–water partition coefficient (Wildman–Crippen LogP) is 7.17. The van der Waals surface area contributed by atoms with Gasteiger partial charge in [0, 0.05) is 29.1 Å². The summed E-state index contributed by atoms with van der Waals surface area (Å²) in [5.74, 6) is -0.237. The topological polar surface area (TPSA) is 51.5 Å². The lowest BCUT2D eigenvalue weighted by Crippen LogP contribution is -2.12. The Balaban J connectivity index is 1.38. The second-order valence-electron chi connectivity index (χ2n) is 9.61. The number of rotatable bonds is 6. The highest BCUT2D eigenvalue weighted by Gasteiger charge is 2.36. The lowest BCUT2D eigenvalue weighted by molar-refractivity contribution is -0.139. The van der Waals surface area contributed by atoms with Gasteiger partial charge in [-0.2, -0.15) is 13.2 Å². The molecular formula is C27H28F3NO3. The van der Waals surface area contributed by atoms with Crippen molar-refractivity contribution in [3.8, 4) is 5.75 Å². The molecule has 3 aromatic rings. The first-order valence-electron chi connectivity index (χ1n) is 11.9. The van der Waals surface area contributed by atoms with Gasteiger partial charge in [0.25, 0.3) is 0 Å². The lowest BCUT2D eigenvalue weighted by Gasteiger charge is -2.19. The molecule has 1 aromatic heterocycles. The van der Waals surface area contributed by atoms with Crippen molar-refractivity contribution in [2.75, 3.05) is 0 Å². The SMILES string of the molecule is Cc1c2n(c3ccc(OCc4ccc(C5CCCC5)c(C(F)(F)F)c4)cc13)CCC2CC(=O)O. The van der Waals surface area contributed by atoms with E-state index in [1.807, 2.05) is 25.1 Å². The van der Waals surface area contributed by atoms with Crippen molar-refractivity contribution in [3.63, 3.8) is 0 Å². The van der Waals surface area contributed by atoms with E-state index in [2.05, 4.69) is 4.57 Å². The van der Waals surface area contributed by atoms with Crippen LogP contribution in [0, 0.1) is 6.92 Å². The number of carbonyl (C=O) groups is 1. The molecule has 180 valence electrons. The third-order valence-corrected chi connectivity index (χ3v) is 7.47. The summed E-state index contributed by atoms with van der Waals surface area (Å²) >= 11 is 0. The molecule has 4 nitrogen and oxygen atoms in total. The van der Waals surface area contributed by atoms with Crippen LogP contribution in [0.15, 0.2) is 36.4 Å². The van der Waals surface area contributed by atoms with E-state index in [9.17, 15) is 23.1 Å². The third kappa shape index (κ3) is 4.17. The second-order valence-corrected chi connectivity index (χ2v) is 9.61. The Bertz CT molecular complexity index is 1240. The van der Waals surface area contributed by atoms with Crippen LogP contribution in [0.3, 0.4) is 0 Å². The maximum Gasteiger partial charge on any atom is 0.416 e. The fraction of sp³-hybridized carbons (Fsp3) is 0.444. The van der Waals surface area contributed by atoms with Crippen molar-refractivity contribution in [1.82, 2.24) is 4.57 Å². The molecule has 0 bridgehead atoms. The summed E-state index contributed by atoms with van der Waals surface area (Å²) in [5, 5.41) is 10.2. The van der Waals surface area contributed by atoms with Crippen LogP contribution >= 0.6 is 0 Å². The predicted molar refractivity (Wildman–Crippen MR) is 123 cm³/mol. The summed E-state index contributed by atoms with van der Waals surface area (Å²) in [4.78, 5) is 11.2. The number of halogens is 3. The van der Waals surface area contributed by atoms with Gasteiger partial charge in [-0.15, -0.1) is 0 Å². The average Bonchev–Trinajstić information content (AvgIpc) is 3.51. The van der Waals surface area contributed by atoms with Gasteiger partial charge in [0.05, 0.1) is 12.0 Å². The van der Waals surface area contributed by atoms with Gasteiger partial charge in [-0.05, 0) is 73.1 Å². The van der Waals surface area contributed by atoms with Crippen LogP contribution in [-0.4, -0.2) is 15.6 Å². The fourth-order valence-electron chi connectivity index (χ4n) is 5.91. The smallest absolute Gasteiger partial charge is 0.416 e. The molecule has 1 fully saturated rings. The minimum Gasteiger partial charge on any atom is -0.489 e. The Morgan fingerprint density at radius 1 is 1.12 bits per heavy atom. The van der Waals surface area contributed by atoms with Crippen LogP contribution in [0.1, 0.15) is 78.3 Å². The van der Waals surface area contributed by atoms with E-state index in [-0.39, 0.29) is 24.9 Å². The standard InChI is InChI=1S/C27H28F3NO3/c1-16-22-14-20(7-9-24(22)31-11-10-19(26(16)31)13-25(32)33)34-15-17-6-8-21(18-4-2-3-5-18)23(12-17)27(28,29)30/h6-9,12,14,18-19H,2-5,10-11,13,15H2,1H3,(H,32,33). The van der Waals surface area contributed by atoms with E-state index in [0.717, 1.165) is 60.8 Å². The maximum absolute atomic E-state index is 13.8. The minimum atomic E-state index is -4.39. The van der Waals surface area contributed by atoms with Crippen LogP contribution in [0.2, 0.25) is 0 Å². The lowest BCUT2D eigenvalue weighted by atomic mass is 9.91. The van der Waals surface area contributed by atoms with E-state index in [4.69, 9.17) is 4.74 Å². The average molecular weight is 472 g/mol. The van der Waals surface area contributed by atoms with Gasteiger partial charge < -0.3 is 14.4 Å². The Hall–Kier alpha value is -2.96. The number of aryl methyl sites for hydroxylation is 2. The summed E-state index contributed by atoms with van der Waals surface area (Å²) in [7, 11) is 0. The van der Waals surface area contributed by atoms with Crippen LogP contribution in [0.4, 0.5) is 13.2 Å². The molecule has 0 spiro atoms. The van der Waals surface area contributed by atoms with Crippen LogP contribution < -0.4 is 4.74 Å². The number of carboxylic acids is 1. The largest absolute Gasteiger partial charge is 0.489 e. The van der Waals surface area contributed by atoms with Gasteiger partial charge in [-0.3, -0.25) is 4.79 Å². The zero-order chi connectivity index (χ0) is 24.0. The zero-order valence-electron chi connectivity index (χ0n) is 19.1. The second kappa shape index (κ2) is 8.67. The number of carboxylic acid groups (broad SMARTS) is 1. The molecule has 0 radical (unpaired) electrons. The highest BCUT2D eigenvalue weighted by atomic mass is 19.4. The molecular weight excluding hydrogens is 443 g/mol. The van der Waals surface area contributed by atoms with Gasteiger partial charge in [0.15, 0.2) is 0 Å². The Kier molecular flexibility index (Phi) is 5.82. The Morgan fingerprint density at radius 2 is 1.88 bits per heavy atom. The summed E-state index contributed by atoms with van der Waals surface area (Å²) in [5.41, 5.74) is 3.50. The van der Waals surface area contributed by atoms with E-state index in [1.165, 1.54) is 6.07 Å². The number of nitrogens with zero attached hydrogens (tertiary/aromatic N) is 1. The molecule has 1 atom stereocenters. The van der Waals surface area contributed by atoms with Gasteiger partial charge >= 0.3 is 12.1 Å². The zero-order valence-corrected chi connectivity index (χ0v) is 19.1. The quantitative estimate of drug-likeness (QED) is 0.415. The van der Waals surface area contributed by atoms with Gasteiger partial charge in [-0.1, -0.05) is 25.0 Å². The van der Waals surface area contributed by atoms with Crippen molar-refractivity contribution in [1.29, 1.82) is 0 Å². The van der Waals surface area contributed by atoms with E-state index >= 15 is 0 Å². The molecule has 34 heavy (non-hydrogen) atoms. The summed E-state index contributed by atoms with van der Waals surface area (Å²) in [6.07, 6.45) is 0.127. The minimum absolute atomic E-state index is 0.00607. The number of benzene rings is 2. The molecule has 0 amide bonds. The van der Waals surface area contributed by atoms with Gasteiger partial charge in [0.2, 0.25) is 0 Å². The maximum atomic E-state index is 13.8.